The predicted molar refractivity (Wildman–Crippen MR) is 145 cm³/mol. The van der Waals surface area contributed by atoms with Crippen LogP contribution >= 0.6 is 11.3 Å². The van der Waals surface area contributed by atoms with Crippen LogP contribution < -0.4 is 10.1 Å². The molecule has 3 aromatic rings. The Kier molecular flexibility index (Phi) is 10.0. The van der Waals surface area contributed by atoms with Gasteiger partial charge in [-0.15, -0.1) is 11.3 Å². The minimum absolute atomic E-state index is 0.0514. The number of ether oxygens (including phenoxy) is 1. The Balaban J connectivity index is 0.000000396. The number of pyridine rings is 1. The molecule has 0 spiro atoms. The van der Waals surface area contributed by atoms with Gasteiger partial charge in [0.05, 0.1) is 11.7 Å². The van der Waals surface area contributed by atoms with Crippen LogP contribution in [0, 0.1) is 5.92 Å². The van der Waals surface area contributed by atoms with Crippen LogP contribution in [0.25, 0.3) is 11.3 Å². The standard InChI is InChI=1S/C22H22N4O3S.C6H13N/c27-16-25-11-8-20(22-24-19(15-30-22)17-6-9-23-10-7-17)26(13-12-25)21(28)14-29-18-4-2-1-3-5-18;1-6-2-4-7-5-3-6/h1-7,9-10,15-16,20H,8,11-14H2;6-7H,2-5H2,1H3. The molecule has 8 nitrogen and oxygen atoms in total. The number of para-hydroxylation sites is 1. The number of hydrogen-bond acceptors (Lipinski definition) is 7. The van der Waals surface area contributed by atoms with Gasteiger partial charge in [-0.05, 0) is 62.5 Å². The van der Waals surface area contributed by atoms with Gasteiger partial charge in [-0.3, -0.25) is 14.6 Å². The van der Waals surface area contributed by atoms with Crippen molar-refractivity contribution in [2.45, 2.75) is 32.2 Å². The predicted octanol–water partition coefficient (Wildman–Crippen LogP) is 4.02. The van der Waals surface area contributed by atoms with Crippen LogP contribution in [0.1, 0.15) is 37.2 Å². The summed E-state index contributed by atoms with van der Waals surface area (Å²) >= 11 is 1.53. The molecule has 4 heterocycles. The van der Waals surface area contributed by atoms with E-state index in [1.807, 2.05) is 47.8 Å². The summed E-state index contributed by atoms with van der Waals surface area (Å²) in [6, 6.07) is 12.9. The van der Waals surface area contributed by atoms with E-state index >= 15 is 0 Å². The van der Waals surface area contributed by atoms with Gasteiger partial charge in [0, 0.05) is 43.0 Å². The Morgan fingerprint density at radius 2 is 1.84 bits per heavy atom. The maximum absolute atomic E-state index is 13.0. The minimum Gasteiger partial charge on any atom is -0.484 e. The molecule has 0 radical (unpaired) electrons. The van der Waals surface area contributed by atoms with E-state index in [-0.39, 0.29) is 18.6 Å². The average Bonchev–Trinajstić information content (AvgIpc) is 3.34. The van der Waals surface area contributed by atoms with Crippen LogP contribution in [0.4, 0.5) is 0 Å². The lowest BCUT2D eigenvalue weighted by Gasteiger charge is -2.28. The molecule has 9 heteroatoms. The van der Waals surface area contributed by atoms with Gasteiger partial charge in [0.1, 0.15) is 10.8 Å². The summed E-state index contributed by atoms with van der Waals surface area (Å²) < 4.78 is 5.68. The van der Waals surface area contributed by atoms with Gasteiger partial charge in [-0.25, -0.2) is 4.98 Å². The minimum atomic E-state index is -0.192. The van der Waals surface area contributed by atoms with Crippen LogP contribution in [0.2, 0.25) is 0 Å². The Hall–Kier alpha value is -3.30. The molecule has 1 N–H and O–H groups in total. The topological polar surface area (TPSA) is 87.7 Å². The monoisotopic (exact) mass is 521 g/mol. The number of amides is 2. The highest BCUT2D eigenvalue weighted by Gasteiger charge is 2.31. The van der Waals surface area contributed by atoms with E-state index in [1.54, 1.807) is 22.2 Å². The second-order valence-corrected chi connectivity index (χ2v) is 10.3. The Morgan fingerprint density at radius 3 is 2.51 bits per heavy atom. The average molecular weight is 522 g/mol. The molecule has 2 aromatic heterocycles. The quantitative estimate of drug-likeness (QED) is 0.493. The molecule has 0 saturated carbocycles. The number of hydrogen-bond donors (Lipinski definition) is 1. The molecule has 2 aliphatic rings. The zero-order valence-electron chi connectivity index (χ0n) is 21.3. The summed E-state index contributed by atoms with van der Waals surface area (Å²) in [7, 11) is 0. The molecule has 2 aliphatic heterocycles. The highest BCUT2D eigenvalue weighted by Crippen LogP contribution is 2.32. The number of nitrogens with one attached hydrogen (secondary N) is 1. The first kappa shape index (κ1) is 26.8. The molecular formula is C28H35N5O3S. The van der Waals surface area contributed by atoms with Crippen LogP contribution in [-0.2, 0) is 9.59 Å². The molecule has 196 valence electrons. The van der Waals surface area contributed by atoms with Crippen molar-refractivity contribution in [3.05, 3.63) is 65.2 Å². The fraction of sp³-hybridized carbons (Fsp3) is 0.429. The number of benzene rings is 1. The van der Waals surface area contributed by atoms with Crippen molar-refractivity contribution in [1.82, 2.24) is 25.1 Å². The molecule has 1 atom stereocenters. The Bertz CT molecular complexity index is 1110. The van der Waals surface area contributed by atoms with E-state index in [9.17, 15) is 9.59 Å². The molecule has 2 fully saturated rings. The molecular weight excluding hydrogens is 486 g/mol. The molecule has 1 aromatic carbocycles. The lowest BCUT2D eigenvalue weighted by Crippen LogP contribution is -2.39. The smallest absolute Gasteiger partial charge is 0.261 e. The summed E-state index contributed by atoms with van der Waals surface area (Å²) in [5.41, 5.74) is 1.85. The van der Waals surface area contributed by atoms with Gasteiger partial charge < -0.3 is 19.9 Å². The fourth-order valence-corrected chi connectivity index (χ4v) is 5.39. The number of aromatic nitrogens is 2. The zero-order valence-corrected chi connectivity index (χ0v) is 22.1. The van der Waals surface area contributed by atoms with Crippen molar-refractivity contribution >= 4 is 23.7 Å². The number of carbonyl (C=O) groups is 2. The maximum atomic E-state index is 13.0. The molecule has 2 saturated heterocycles. The lowest BCUT2D eigenvalue weighted by atomic mass is 10.0. The van der Waals surface area contributed by atoms with Crippen molar-refractivity contribution < 1.29 is 14.3 Å². The van der Waals surface area contributed by atoms with E-state index in [0.717, 1.165) is 28.6 Å². The first-order valence-corrected chi connectivity index (χ1v) is 13.7. The van der Waals surface area contributed by atoms with Crippen LogP contribution in [0.15, 0.2) is 60.2 Å². The summed E-state index contributed by atoms with van der Waals surface area (Å²) in [6.45, 7) is 6.28. The zero-order chi connectivity index (χ0) is 25.9. The highest BCUT2D eigenvalue weighted by molar-refractivity contribution is 7.10. The molecule has 0 bridgehead atoms. The SMILES string of the molecule is CC1CCNCC1.O=CN1CCC(c2nc(-c3ccncc3)cs2)N(C(=O)COc2ccccc2)CC1. The van der Waals surface area contributed by atoms with E-state index in [2.05, 4.69) is 17.2 Å². The number of thiazole rings is 1. The van der Waals surface area contributed by atoms with E-state index in [1.165, 1.54) is 37.3 Å². The van der Waals surface area contributed by atoms with E-state index in [4.69, 9.17) is 9.72 Å². The maximum Gasteiger partial charge on any atom is 0.261 e. The fourth-order valence-electron chi connectivity index (χ4n) is 4.42. The summed E-state index contributed by atoms with van der Waals surface area (Å²) in [5.74, 6) is 1.51. The van der Waals surface area contributed by atoms with Gasteiger partial charge in [-0.2, -0.15) is 0 Å². The number of rotatable bonds is 6. The van der Waals surface area contributed by atoms with Crippen molar-refractivity contribution in [3.8, 4) is 17.0 Å². The van der Waals surface area contributed by atoms with Gasteiger partial charge in [-0.1, -0.05) is 25.1 Å². The number of nitrogens with zero attached hydrogens (tertiary/aromatic N) is 4. The van der Waals surface area contributed by atoms with Crippen molar-refractivity contribution in [3.63, 3.8) is 0 Å². The largest absolute Gasteiger partial charge is 0.484 e. The third-order valence-corrected chi connectivity index (χ3v) is 7.63. The Morgan fingerprint density at radius 1 is 1.08 bits per heavy atom. The normalized spacial score (nSPS) is 18.4. The van der Waals surface area contributed by atoms with Crippen molar-refractivity contribution in [2.24, 2.45) is 5.92 Å². The molecule has 0 aliphatic carbocycles. The first-order chi connectivity index (χ1) is 18.1. The van der Waals surface area contributed by atoms with Crippen molar-refractivity contribution in [2.75, 3.05) is 39.3 Å². The molecule has 2 amide bonds. The van der Waals surface area contributed by atoms with Gasteiger partial charge in [0.15, 0.2) is 6.61 Å². The van der Waals surface area contributed by atoms with Gasteiger partial charge in [0.25, 0.3) is 5.91 Å². The second kappa shape index (κ2) is 13.9. The summed E-state index contributed by atoms with van der Waals surface area (Å²) in [4.78, 5) is 36.7. The van der Waals surface area contributed by atoms with Gasteiger partial charge >= 0.3 is 0 Å². The highest BCUT2D eigenvalue weighted by atomic mass is 32.1. The summed E-state index contributed by atoms with van der Waals surface area (Å²) in [5, 5.41) is 6.17. The Labute approximate surface area is 222 Å². The third kappa shape index (κ3) is 7.84. The molecule has 1 unspecified atom stereocenters. The van der Waals surface area contributed by atoms with Crippen molar-refractivity contribution in [1.29, 1.82) is 0 Å². The lowest BCUT2D eigenvalue weighted by molar-refractivity contribution is -0.136. The van der Waals surface area contributed by atoms with Crippen LogP contribution in [-0.4, -0.2) is 71.4 Å². The first-order valence-electron chi connectivity index (χ1n) is 12.9. The third-order valence-electron chi connectivity index (χ3n) is 6.68. The van der Waals surface area contributed by atoms with Crippen LogP contribution in [0.3, 0.4) is 0 Å². The van der Waals surface area contributed by atoms with E-state index in [0.29, 0.717) is 31.8 Å². The summed E-state index contributed by atoms with van der Waals surface area (Å²) in [6.07, 6.45) is 7.70. The molecule has 37 heavy (non-hydrogen) atoms. The number of piperidine rings is 1. The van der Waals surface area contributed by atoms with E-state index < -0.39 is 0 Å². The van der Waals surface area contributed by atoms with Crippen LogP contribution in [0.5, 0.6) is 5.75 Å². The van der Waals surface area contributed by atoms with Gasteiger partial charge in [0.2, 0.25) is 6.41 Å². The molecule has 5 rings (SSSR count). The number of carbonyl (C=O) groups excluding carboxylic acids is 2. The second-order valence-electron chi connectivity index (χ2n) is 9.37.